The largest absolute Gasteiger partial charge is 0.453 e. The average Bonchev–Trinajstić information content (AvgIpc) is 2.76. The van der Waals surface area contributed by atoms with Crippen molar-refractivity contribution in [2.75, 3.05) is 11.9 Å². The summed E-state index contributed by atoms with van der Waals surface area (Å²) in [5.74, 6) is 1.41. The minimum absolute atomic E-state index is 0.115. The van der Waals surface area contributed by atoms with Crippen LogP contribution in [0.2, 0.25) is 0 Å². The van der Waals surface area contributed by atoms with Crippen LogP contribution in [-0.2, 0) is 7.05 Å². The van der Waals surface area contributed by atoms with Gasteiger partial charge in [-0.1, -0.05) is 26.0 Å². The second kappa shape index (κ2) is 10.1. The lowest BCUT2D eigenvalue weighted by Crippen LogP contribution is -2.25. The Morgan fingerprint density at radius 1 is 1.09 bits per heavy atom. The molecule has 168 valence electrons. The Kier molecular flexibility index (Phi) is 7.30. The number of aromatic nitrogens is 2. The summed E-state index contributed by atoms with van der Waals surface area (Å²) in [6.45, 7) is 8.85. The van der Waals surface area contributed by atoms with Crippen molar-refractivity contribution in [1.29, 1.82) is 0 Å². The van der Waals surface area contributed by atoms with Gasteiger partial charge in [0.1, 0.15) is 5.75 Å². The van der Waals surface area contributed by atoms with Crippen molar-refractivity contribution in [3.63, 3.8) is 0 Å². The Bertz CT molecular complexity index is 1150. The number of carbonyl (C=O) groups excluding carboxylic acids is 1. The molecule has 0 radical (unpaired) electrons. The molecule has 0 aliphatic carbocycles. The zero-order chi connectivity index (χ0) is 23.3. The summed E-state index contributed by atoms with van der Waals surface area (Å²) < 4.78 is 7.30. The fourth-order valence-electron chi connectivity index (χ4n) is 3.09. The van der Waals surface area contributed by atoms with Gasteiger partial charge in [-0.3, -0.25) is 9.59 Å². The van der Waals surface area contributed by atoms with E-state index in [1.807, 2.05) is 32.0 Å². The molecule has 0 aliphatic rings. The lowest BCUT2D eigenvalue weighted by molar-refractivity contribution is 0.0952. The normalized spacial score (nSPS) is 10.8. The van der Waals surface area contributed by atoms with Crippen LogP contribution in [0.1, 0.15) is 41.8 Å². The van der Waals surface area contributed by atoms with E-state index < -0.39 is 0 Å². The van der Waals surface area contributed by atoms with Crippen LogP contribution >= 0.6 is 0 Å². The Balaban J connectivity index is 1.81. The van der Waals surface area contributed by atoms with Gasteiger partial charge in [0.2, 0.25) is 0 Å². The van der Waals surface area contributed by atoms with Gasteiger partial charge in [-0.25, -0.2) is 4.68 Å². The molecule has 7 heteroatoms. The zero-order valence-electron chi connectivity index (χ0n) is 19.2. The van der Waals surface area contributed by atoms with E-state index in [0.717, 1.165) is 17.5 Å². The Hall–Kier alpha value is -3.61. The number of nitrogens with one attached hydrogen (secondary N) is 2. The van der Waals surface area contributed by atoms with Crippen LogP contribution in [0, 0.1) is 19.8 Å². The molecule has 0 spiro atoms. The second-order valence-electron chi connectivity index (χ2n) is 8.25. The maximum atomic E-state index is 12.8. The molecule has 3 aromatic rings. The molecule has 0 saturated carbocycles. The van der Waals surface area contributed by atoms with Gasteiger partial charge in [-0.05, 0) is 67.6 Å². The van der Waals surface area contributed by atoms with Crippen LogP contribution in [0.4, 0.5) is 11.4 Å². The fraction of sp³-hybridized carbons (Fsp3) is 0.320. The van der Waals surface area contributed by atoms with E-state index in [-0.39, 0.29) is 17.2 Å². The Morgan fingerprint density at radius 2 is 1.81 bits per heavy atom. The minimum atomic E-state index is -0.316. The van der Waals surface area contributed by atoms with Crippen LogP contribution < -0.4 is 20.9 Å². The van der Waals surface area contributed by atoms with Crippen molar-refractivity contribution in [3.05, 3.63) is 75.7 Å². The molecule has 0 atom stereocenters. The van der Waals surface area contributed by atoms with Crippen molar-refractivity contribution < 1.29 is 9.53 Å². The number of benzene rings is 2. The zero-order valence-corrected chi connectivity index (χ0v) is 19.2. The van der Waals surface area contributed by atoms with E-state index in [0.29, 0.717) is 35.2 Å². The first-order valence-electron chi connectivity index (χ1n) is 10.7. The summed E-state index contributed by atoms with van der Waals surface area (Å²) in [6, 6.07) is 12.7. The van der Waals surface area contributed by atoms with Gasteiger partial charge in [-0.2, -0.15) is 5.10 Å². The molecule has 0 bridgehead atoms. The standard InChI is InChI=1S/C25H30N4O3/c1-16(2)13-14-26-24(30)19-9-11-20(12-10-19)28-23-22(15-27-29(5)25(23)31)32-21-8-6-7-17(3)18(21)4/h6-12,15-16,28H,13-14H2,1-5H3,(H,26,30). The minimum Gasteiger partial charge on any atom is -0.453 e. The van der Waals surface area contributed by atoms with Crippen molar-refractivity contribution in [1.82, 2.24) is 15.1 Å². The molecular weight excluding hydrogens is 404 g/mol. The van der Waals surface area contributed by atoms with Gasteiger partial charge in [0.15, 0.2) is 11.4 Å². The van der Waals surface area contributed by atoms with Crippen molar-refractivity contribution in [3.8, 4) is 11.5 Å². The molecule has 3 rings (SSSR count). The Labute approximate surface area is 188 Å². The van der Waals surface area contributed by atoms with Crippen LogP contribution in [0.5, 0.6) is 11.5 Å². The first-order valence-corrected chi connectivity index (χ1v) is 10.7. The molecule has 2 aromatic carbocycles. The van der Waals surface area contributed by atoms with Crippen LogP contribution in [-0.4, -0.2) is 22.2 Å². The maximum Gasteiger partial charge on any atom is 0.294 e. The Morgan fingerprint density at radius 3 is 2.50 bits per heavy atom. The van der Waals surface area contributed by atoms with E-state index in [2.05, 4.69) is 29.6 Å². The summed E-state index contributed by atoms with van der Waals surface area (Å²) in [5, 5.41) is 10.1. The van der Waals surface area contributed by atoms with Crippen molar-refractivity contribution >= 4 is 17.3 Å². The summed E-state index contributed by atoms with van der Waals surface area (Å²) in [7, 11) is 1.58. The number of rotatable bonds is 8. The van der Waals surface area contributed by atoms with E-state index in [1.54, 1.807) is 31.3 Å². The third-order valence-corrected chi connectivity index (χ3v) is 5.30. The van der Waals surface area contributed by atoms with E-state index in [9.17, 15) is 9.59 Å². The van der Waals surface area contributed by atoms with Gasteiger partial charge in [0, 0.05) is 24.8 Å². The van der Waals surface area contributed by atoms with E-state index in [1.165, 1.54) is 10.9 Å². The molecule has 0 aliphatic heterocycles. The number of hydrogen-bond acceptors (Lipinski definition) is 5. The molecule has 2 N–H and O–H groups in total. The summed E-state index contributed by atoms with van der Waals surface area (Å²) in [5.41, 5.74) is 3.27. The molecule has 1 amide bonds. The highest BCUT2D eigenvalue weighted by atomic mass is 16.5. The number of anilines is 2. The first kappa shape index (κ1) is 23.1. The average molecular weight is 435 g/mol. The summed E-state index contributed by atoms with van der Waals surface area (Å²) in [6.07, 6.45) is 2.45. The van der Waals surface area contributed by atoms with Crippen molar-refractivity contribution in [2.45, 2.75) is 34.1 Å². The highest BCUT2D eigenvalue weighted by molar-refractivity contribution is 5.94. The monoisotopic (exact) mass is 434 g/mol. The fourth-order valence-corrected chi connectivity index (χ4v) is 3.09. The van der Waals surface area contributed by atoms with E-state index in [4.69, 9.17) is 4.74 Å². The third-order valence-electron chi connectivity index (χ3n) is 5.30. The molecule has 1 aromatic heterocycles. The van der Waals surface area contributed by atoms with Gasteiger partial charge < -0.3 is 15.4 Å². The van der Waals surface area contributed by atoms with Crippen LogP contribution in [0.15, 0.2) is 53.5 Å². The number of aryl methyl sites for hydroxylation is 2. The van der Waals surface area contributed by atoms with Gasteiger partial charge in [0.25, 0.3) is 11.5 Å². The van der Waals surface area contributed by atoms with Crippen LogP contribution in [0.25, 0.3) is 0 Å². The van der Waals surface area contributed by atoms with Gasteiger partial charge in [-0.15, -0.1) is 0 Å². The lowest BCUT2D eigenvalue weighted by Gasteiger charge is -2.15. The molecule has 32 heavy (non-hydrogen) atoms. The molecule has 0 unspecified atom stereocenters. The predicted molar refractivity (Wildman–Crippen MR) is 127 cm³/mol. The quantitative estimate of drug-likeness (QED) is 0.536. The number of amides is 1. The van der Waals surface area contributed by atoms with E-state index >= 15 is 0 Å². The highest BCUT2D eigenvalue weighted by Gasteiger charge is 2.15. The number of hydrogen-bond donors (Lipinski definition) is 2. The molecule has 7 nitrogen and oxygen atoms in total. The van der Waals surface area contributed by atoms with Gasteiger partial charge in [0.05, 0.1) is 6.20 Å². The third kappa shape index (κ3) is 5.55. The molecule has 0 saturated heterocycles. The molecule has 1 heterocycles. The lowest BCUT2D eigenvalue weighted by atomic mass is 10.1. The maximum absolute atomic E-state index is 12.8. The molecule has 0 fully saturated rings. The van der Waals surface area contributed by atoms with Crippen molar-refractivity contribution in [2.24, 2.45) is 13.0 Å². The van der Waals surface area contributed by atoms with Gasteiger partial charge >= 0.3 is 0 Å². The number of nitrogens with zero attached hydrogens (tertiary/aromatic N) is 2. The highest BCUT2D eigenvalue weighted by Crippen LogP contribution is 2.31. The van der Waals surface area contributed by atoms with Crippen LogP contribution in [0.3, 0.4) is 0 Å². The molecular formula is C25H30N4O3. The topological polar surface area (TPSA) is 85.2 Å². The summed E-state index contributed by atoms with van der Waals surface area (Å²) in [4.78, 5) is 25.1. The number of carbonyl (C=O) groups is 1. The first-order chi connectivity index (χ1) is 15.3. The number of ether oxygens (including phenoxy) is 1. The summed E-state index contributed by atoms with van der Waals surface area (Å²) >= 11 is 0. The second-order valence-corrected chi connectivity index (χ2v) is 8.25. The smallest absolute Gasteiger partial charge is 0.294 e. The SMILES string of the molecule is Cc1cccc(Oc2cnn(C)c(=O)c2Nc2ccc(C(=O)NCCC(C)C)cc2)c1C. The predicted octanol–water partition coefficient (Wildman–Crippen LogP) is 4.71.